The predicted molar refractivity (Wildman–Crippen MR) is 57.3 cm³/mol. The molecule has 0 spiro atoms. The summed E-state index contributed by atoms with van der Waals surface area (Å²) in [6.45, 7) is 3.14. The van der Waals surface area contributed by atoms with E-state index in [1.54, 1.807) is 12.3 Å². The Morgan fingerprint density at radius 3 is 3.00 bits per heavy atom. The Labute approximate surface area is 88.9 Å². The lowest BCUT2D eigenvalue weighted by molar-refractivity contribution is 0.122. The van der Waals surface area contributed by atoms with Gasteiger partial charge in [-0.2, -0.15) is 0 Å². The van der Waals surface area contributed by atoms with Gasteiger partial charge in [0.15, 0.2) is 0 Å². The third-order valence-corrected chi connectivity index (χ3v) is 2.28. The molecule has 5 nitrogen and oxygen atoms in total. The Morgan fingerprint density at radius 1 is 1.47 bits per heavy atom. The molecule has 1 N–H and O–H groups in total. The number of aromatic nitrogens is 1. The Balaban J connectivity index is 2.09. The van der Waals surface area contributed by atoms with Gasteiger partial charge in [-0.05, 0) is 6.07 Å². The number of anilines is 1. The number of ether oxygens (including phenoxy) is 1. The van der Waals surface area contributed by atoms with Crippen molar-refractivity contribution in [2.24, 2.45) is 0 Å². The molecule has 0 saturated carbocycles. The average molecular weight is 208 g/mol. The molecule has 1 aromatic heterocycles. The highest BCUT2D eigenvalue weighted by Gasteiger charge is 2.12. The Hall–Kier alpha value is -1.27. The van der Waals surface area contributed by atoms with Crippen LogP contribution < -0.4 is 9.55 Å². The maximum atomic E-state index is 8.64. The number of morpholine rings is 1. The molecule has 15 heavy (non-hydrogen) atoms. The van der Waals surface area contributed by atoms with Crippen molar-refractivity contribution in [2.45, 2.75) is 0 Å². The van der Waals surface area contributed by atoms with Gasteiger partial charge in [0.2, 0.25) is 0 Å². The molecule has 1 aliphatic heterocycles. The lowest BCUT2D eigenvalue weighted by atomic mass is 10.3. The summed E-state index contributed by atoms with van der Waals surface area (Å²) >= 11 is 0. The van der Waals surface area contributed by atoms with Gasteiger partial charge in [-0.15, -0.1) is 0 Å². The Morgan fingerprint density at radius 2 is 2.27 bits per heavy atom. The molecular formula is C9H13BN2O3. The SMILES string of the molecule is OBOc1ccnc(N2CCOCC2)c1. The first kappa shape index (κ1) is 10.3. The summed E-state index contributed by atoms with van der Waals surface area (Å²) in [6.07, 6.45) is 1.68. The van der Waals surface area contributed by atoms with Crippen LogP contribution in [0.5, 0.6) is 5.75 Å². The average Bonchev–Trinajstić information content (AvgIpc) is 2.31. The molecule has 2 rings (SSSR count). The van der Waals surface area contributed by atoms with Crippen LogP contribution in [0, 0.1) is 0 Å². The van der Waals surface area contributed by atoms with Crippen molar-refractivity contribution in [3.63, 3.8) is 0 Å². The second-order valence-electron chi connectivity index (χ2n) is 3.22. The van der Waals surface area contributed by atoms with E-state index in [4.69, 9.17) is 14.4 Å². The molecular weight excluding hydrogens is 195 g/mol. The molecule has 0 amide bonds. The second-order valence-corrected chi connectivity index (χ2v) is 3.22. The summed E-state index contributed by atoms with van der Waals surface area (Å²) < 4.78 is 10.3. The van der Waals surface area contributed by atoms with E-state index in [0.29, 0.717) is 5.75 Å². The highest BCUT2D eigenvalue weighted by molar-refractivity contribution is 6.17. The first-order chi connectivity index (χ1) is 7.40. The van der Waals surface area contributed by atoms with Gasteiger partial charge >= 0.3 is 7.69 Å². The van der Waals surface area contributed by atoms with Crippen molar-refractivity contribution in [3.8, 4) is 5.75 Å². The van der Waals surface area contributed by atoms with Crippen molar-refractivity contribution in [1.29, 1.82) is 0 Å². The highest BCUT2D eigenvalue weighted by Crippen LogP contribution is 2.18. The summed E-state index contributed by atoms with van der Waals surface area (Å²) in [4.78, 5) is 6.39. The van der Waals surface area contributed by atoms with Crippen LogP contribution in [-0.4, -0.2) is 44.0 Å². The number of hydrogen-bond acceptors (Lipinski definition) is 5. The molecule has 0 aromatic carbocycles. The van der Waals surface area contributed by atoms with Crippen LogP contribution in [-0.2, 0) is 4.74 Å². The summed E-state index contributed by atoms with van der Waals surface area (Å²) in [5.74, 6) is 1.50. The predicted octanol–water partition coefficient (Wildman–Crippen LogP) is -0.444. The molecule has 0 bridgehead atoms. The van der Waals surface area contributed by atoms with Gasteiger partial charge in [-0.1, -0.05) is 0 Å². The molecule has 2 heterocycles. The summed E-state index contributed by atoms with van der Waals surface area (Å²) in [6, 6.07) is 3.54. The molecule has 0 radical (unpaired) electrons. The zero-order valence-corrected chi connectivity index (χ0v) is 8.43. The molecule has 1 fully saturated rings. The normalized spacial score (nSPS) is 16.2. The van der Waals surface area contributed by atoms with E-state index >= 15 is 0 Å². The zero-order valence-electron chi connectivity index (χ0n) is 8.43. The van der Waals surface area contributed by atoms with Crippen LogP contribution in [0.2, 0.25) is 0 Å². The molecule has 0 atom stereocenters. The van der Waals surface area contributed by atoms with Gasteiger partial charge in [0, 0.05) is 25.4 Å². The Kier molecular flexibility index (Phi) is 3.42. The van der Waals surface area contributed by atoms with Crippen LogP contribution >= 0.6 is 0 Å². The van der Waals surface area contributed by atoms with E-state index in [0.717, 1.165) is 32.1 Å². The minimum absolute atomic E-state index is 0.313. The molecule has 1 aliphatic rings. The number of hydrogen-bond donors (Lipinski definition) is 1. The molecule has 6 heteroatoms. The standard InChI is InChI=1S/C9H13BN2O3/c13-10-15-8-1-2-11-9(7-8)12-3-5-14-6-4-12/h1-2,7,10,13H,3-6H2. The lowest BCUT2D eigenvalue weighted by Gasteiger charge is -2.27. The lowest BCUT2D eigenvalue weighted by Crippen LogP contribution is -2.36. The summed E-state index contributed by atoms with van der Waals surface area (Å²) in [5, 5.41) is 8.64. The van der Waals surface area contributed by atoms with Gasteiger partial charge in [0.25, 0.3) is 0 Å². The zero-order chi connectivity index (χ0) is 10.5. The van der Waals surface area contributed by atoms with Crippen LogP contribution in [0.3, 0.4) is 0 Å². The summed E-state index contributed by atoms with van der Waals surface area (Å²) in [5.41, 5.74) is 0. The van der Waals surface area contributed by atoms with E-state index in [1.165, 1.54) is 0 Å². The van der Waals surface area contributed by atoms with Gasteiger partial charge in [0.05, 0.1) is 13.2 Å². The quantitative estimate of drug-likeness (QED) is 0.682. The first-order valence-corrected chi connectivity index (χ1v) is 4.92. The summed E-state index contributed by atoms with van der Waals surface area (Å²) in [7, 11) is -0.313. The van der Waals surface area contributed by atoms with Gasteiger partial charge in [-0.3, -0.25) is 0 Å². The van der Waals surface area contributed by atoms with Gasteiger partial charge < -0.3 is 19.3 Å². The van der Waals surface area contributed by atoms with E-state index in [2.05, 4.69) is 9.88 Å². The largest absolute Gasteiger partial charge is 0.539 e. The number of pyridine rings is 1. The van der Waals surface area contributed by atoms with Crippen LogP contribution in [0.15, 0.2) is 18.3 Å². The topological polar surface area (TPSA) is 54.8 Å². The third kappa shape index (κ3) is 2.61. The van der Waals surface area contributed by atoms with E-state index in [-0.39, 0.29) is 7.69 Å². The monoisotopic (exact) mass is 208 g/mol. The van der Waals surface area contributed by atoms with Crippen molar-refractivity contribution < 1.29 is 14.4 Å². The maximum absolute atomic E-state index is 8.64. The Bertz CT molecular complexity index is 318. The first-order valence-electron chi connectivity index (χ1n) is 4.92. The van der Waals surface area contributed by atoms with E-state index < -0.39 is 0 Å². The van der Waals surface area contributed by atoms with Crippen molar-refractivity contribution in [2.75, 3.05) is 31.2 Å². The molecule has 80 valence electrons. The second kappa shape index (κ2) is 5.00. The van der Waals surface area contributed by atoms with Crippen molar-refractivity contribution in [3.05, 3.63) is 18.3 Å². The molecule has 1 saturated heterocycles. The number of rotatable bonds is 3. The van der Waals surface area contributed by atoms with E-state index in [1.807, 2.05) is 6.07 Å². The minimum Gasteiger partial charge on any atom is -0.539 e. The number of nitrogens with zero attached hydrogens (tertiary/aromatic N) is 2. The molecule has 1 aromatic rings. The fourth-order valence-corrected chi connectivity index (χ4v) is 1.53. The highest BCUT2D eigenvalue weighted by atomic mass is 16.5. The van der Waals surface area contributed by atoms with Crippen LogP contribution in [0.25, 0.3) is 0 Å². The van der Waals surface area contributed by atoms with E-state index in [9.17, 15) is 0 Å². The minimum atomic E-state index is -0.313. The van der Waals surface area contributed by atoms with Gasteiger partial charge in [0.1, 0.15) is 11.6 Å². The third-order valence-electron chi connectivity index (χ3n) is 2.28. The van der Waals surface area contributed by atoms with Gasteiger partial charge in [-0.25, -0.2) is 4.98 Å². The fraction of sp³-hybridized carbons (Fsp3) is 0.444. The van der Waals surface area contributed by atoms with Crippen molar-refractivity contribution in [1.82, 2.24) is 4.98 Å². The fourth-order valence-electron chi connectivity index (χ4n) is 1.53. The maximum Gasteiger partial charge on any atom is 0.504 e. The van der Waals surface area contributed by atoms with Crippen LogP contribution in [0.4, 0.5) is 5.82 Å². The van der Waals surface area contributed by atoms with Crippen molar-refractivity contribution >= 4 is 13.5 Å². The smallest absolute Gasteiger partial charge is 0.504 e. The molecule has 0 aliphatic carbocycles. The van der Waals surface area contributed by atoms with Crippen LogP contribution in [0.1, 0.15) is 0 Å². The molecule has 0 unspecified atom stereocenters.